The summed E-state index contributed by atoms with van der Waals surface area (Å²) < 4.78 is 5.76. The molecule has 6 heteroatoms. The van der Waals surface area contributed by atoms with Gasteiger partial charge in [-0.2, -0.15) is 11.8 Å². The van der Waals surface area contributed by atoms with Crippen LogP contribution in [0.1, 0.15) is 33.1 Å². The van der Waals surface area contributed by atoms with E-state index in [0.29, 0.717) is 4.75 Å². The van der Waals surface area contributed by atoms with Crippen LogP contribution in [0.3, 0.4) is 0 Å². The Morgan fingerprint density at radius 1 is 1.30 bits per heavy atom. The minimum absolute atomic E-state index is 0. The van der Waals surface area contributed by atoms with Crippen LogP contribution in [0.15, 0.2) is 4.99 Å². The number of guanidine groups is 1. The molecule has 0 bridgehead atoms. The standard InChI is InChI=1S/C14H29N3OS.HI/c1-12(2)5-8-16-13(15-3)17-11-14(19-4)6-9-18-10-7-14;/h12H,5-11H2,1-4H3,(H2,15,16,17);1H. The van der Waals surface area contributed by atoms with Crippen molar-refractivity contribution in [3.63, 3.8) is 0 Å². The van der Waals surface area contributed by atoms with Crippen LogP contribution in [-0.2, 0) is 4.74 Å². The lowest BCUT2D eigenvalue weighted by Gasteiger charge is -2.36. The van der Waals surface area contributed by atoms with Gasteiger partial charge in [0, 0.05) is 38.1 Å². The van der Waals surface area contributed by atoms with E-state index in [4.69, 9.17) is 4.74 Å². The number of halogens is 1. The van der Waals surface area contributed by atoms with Gasteiger partial charge in [-0.1, -0.05) is 13.8 Å². The summed E-state index contributed by atoms with van der Waals surface area (Å²) in [5, 5.41) is 6.85. The highest BCUT2D eigenvalue weighted by Crippen LogP contribution is 2.32. The van der Waals surface area contributed by atoms with Crippen LogP contribution in [0.5, 0.6) is 0 Å². The first-order valence-electron chi connectivity index (χ1n) is 7.19. The Labute approximate surface area is 145 Å². The summed E-state index contributed by atoms with van der Waals surface area (Å²) in [4.78, 5) is 4.29. The van der Waals surface area contributed by atoms with Gasteiger partial charge in [-0.3, -0.25) is 4.99 Å². The smallest absolute Gasteiger partial charge is 0.191 e. The Balaban J connectivity index is 0.00000361. The average molecular weight is 415 g/mol. The maximum atomic E-state index is 5.46. The molecule has 2 N–H and O–H groups in total. The Morgan fingerprint density at radius 2 is 1.95 bits per heavy atom. The molecule has 0 amide bonds. The first kappa shape index (κ1) is 20.3. The van der Waals surface area contributed by atoms with E-state index in [2.05, 4.69) is 35.7 Å². The molecule has 0 radical (unpaired) electrons. The Kier molecular flexibility index (Phi) is 11.1. The molecule has 0 aliphatic carbocycles. The van der Waals surface area contributed by atoms with Gasteiger partial charge in [0.25, 0.3) is 0 Å². The maximum absolute atomic E-state index is 5.46. The van der Waals surface area contributed by atoms with Crippen molar-refractivity contribution in [2.75, 3.05) is 39.6 Å². The van der Waals surface area contributed by atoms with Crippen molar-refractivity contribution in [2.45, 2.75) is 37.9 Å². The molecule has 1 heterocycles. The van der Waals surface area contributed by atoms with E-state index >= 15 is 0 Å². The molecule has 1 rings (SSSR count). The maximum Gasteiger partial charge on any atom is 0.191 e. The van der Waals surface area contributed by atoms with Crippen molar-refractivity contribution in [1.82, 2.24) is 10.6 Å². The van der Waals surface area contributed by atoms with Crippen LogP contribution >= 0.6 is 35.7 Å². The Morgan fingerprint density at radius 3 is 2.45 bits per heavy atom. The second-order valence-electron chi connectivity index (χ2n) is 5.53. The highest BCUT2D eigenvalue weighted by atomic mass is 127. The van der Waals surface area contributed by atoms with Gasteiger partial charge in [-0.05, 0) is 31.4 Å². The third-order valence-electron chi connectivity index (χ3n) is 3.65. The fourth-order valence-electron chi connectivity index (χ4n) is 2.14. The van der Waals surface area contributed by atoms with Gasteiger partial charge in [-0.25, -0.2) is 0 Å². The number of ether oxygens (including phenoxy) is 1. The third-order valence-corrected chi connectivity index (χ3v) is 5.07. The quantitative estimate of drug-likeness (QED) is 0.398. The van der Waals surface area contributed by atoms with E-state index in [9.17, 15) is 0 Å². The average Bonchev–Trinajstić information content (AvgIpc) is 2.43. The van der Waals surface area contributed by atoms with Crippen LogP contribution in [-0.4, -0.2) is 50.3 Å². The van der Waals surface area contributed by atoms with Crippen molar-refractivity contribution in [1.29, 1.82) is 0 Å². The summed E-state index contributed by atoms with van der Waals surface area (Å²) in [5.41, 5.74) is 0. The van der Waals surface area contributed by atoms with Gasteiger partial charge >= 0.3 is 0 Å². The third kappa shape index (κ3) is 7.36. The number of hydrogen-bond acceptors (Lipinski definition) is 3. The molecule has 0 aromatic rings. The fourth-order valence-corrected chi connectivity index (χ4v) is 2.93. The molecule has 0 atom stereocenters. The number of hydrogen-bond donors (Lipinski definition) is 2. The van der Waals surface area contributed by atoms with E-state index in [1.807, 2.05) is 18.8 Å². The molecule has 120 valence electrons. The van der Waals surface area contributed by atoms with Crippen LogP contribution < -0.4 is 10.6 Å². The molecule has 0 aromatic carbocycles. The first-order chi connectivity index (χ1) is 9.12. The van der Waals surface area contributed by atoms with E-state index in [1.165, 1.54) is 6.42 Å². The molecule has 1 saturated heterocycles. The summed E-state index contributed by atoms with van der Waals surface area (Å²) in [7, 11) is 1.83. The minimum atomic E-state index is 0. The summed E-state index contributed by atoms with van der Waals surface area (Å²) in [6.07, 6.45) is 5.60. The second kappa shape index (κ2) is 11.0. The summed E-state index contributed by atoms with van der Waals surface area (Å²) in [6, 6.07) is 0. The lowest BCUT2D eigenvalue weighted by molar-refractivity contribution is 0.0783. The van der Waals surface area contributed by atoms with Crippen LogP contribution in [0.4, 0.5) is 0 Å². The van der Waals surface area contributed by atoms with Gasteiger partial charge < -0.3 is 15.4 Å². The zero-order chi connectivity index (χ0) is 14.1. The van der Waals surface area contributed by atoms with E-state index in [1.54, 1.807) is 0 Å². The van der Waals surface area contributed by atoms with Gasteiger partial charge in [-0.15, -0.1) is 24.0 Å². The SMILES string of the molecule is CN=C(NCCC(C)C)NCC1(SC)CCOCC1.I. The number of nitrogens with zero attached hydrogens (tertiary/aromatic N) is 1. The van der Waals surface area contributed by atoms with E-state index in [0.717, 1.165) is 51.0 Å². The minimum Gasteiger partial charge on any atom is -0.381 e. The molecular weight excluding hydrogens is 385 g/mol. The van der Waals surface area contributed by atoms with Crippen molar-refractivity contribution in [3.05, 3.63) is 0 Å². The monoisotopic (exact) mass is 415 g/mol. The molecule has 4 nitrogen and oxygen atoms in total. The van der Waals surface area contributed by atoms with Crippen LogP contribution in [0.2, 0.25) is 0 Å². The number of rotatable bonds is 6. The van der Waals surface area contributed by atoms with Crippen molar-refractivity contribution in [2.24, 2.45) is 10.9 Å². The molecule has 1 fully saturated rings. The van der Waals surface area contributed by atoms with E-state index in [-0.39, 0.29) is 24.0 Å². The first-order valence-corrected chi connectivity index (χ1v) is 8.42. The van der Waals surface area contributed by atoms with Crippen molar-refractivity contribution >= 4 is 41.7 Å². The van der Waals surface area contributed by atoms with Crippen LogP contribution in [0, 0.1) is 5.92 Å². The van der Waals surface area contributed by atoms with Crippen LogP contribution in [0.25, 0.3) is 0 Å². The van der Waals surface area contributed by atoms with Gasteiger partial charge in [0.1, 0.15) is 0 Å². The fraction of sp³-hybridized carbons (Fsp3) is 0.929. The molecule has 0 aromatic heterocycles. The van der Waals surface area contributed by atoms with Gasteiger partial charge in [0.15, 0.2) is 5.96 Å². The topological polar surface area (TPSA) is 45.7 Å². The molecule has 0 saturated carbocycles. The lowest BCUT2D eigenvalue weighted by Crippen LogP contribution is -2.48. The second-order valence-corrected chi connectivity index (χ2v) is 6.81. The zero-order valence-corrected chi connectivity index (χ0v) is 16.3. The van der Waals surface area contributed by atoms with E-state index < -0.39 is 0 Å². The van der Waals surface area contributed by atoms with Gasteiger partial charge in [0.05, 0.1) is 0 Å². The molecular formula is C14H30IN3OS. The zero-order valence-electron chi connectivity index (χ0n) is 13.2. The lowest BCUT2D eigenvalue weighted by atomic mass is 9.99. The predicted octanol–water partition coefficient (Wildman–Crippen LogP) is 2.73. The molecule has 1 aliphatic rings. The predicted molar refractivity (Wildman–Crippen MR) is 101 cm³/mol. The molecule has 1 aliphatic heterocycles. The number of thioether (sulfide) groups is 1. The molecule has 0 spiro atoms. The van der Waals surface area contributed by atoms with Crippen molar-refractivity contribution < 1.29 is 4.74 Å². The summed E-state index contributed by atoms with van der Waals surface area (Å²) in [6.45, 7) is 8.17. The van der Waals surface area contributed by atoms with Crippen molar-refractivity contribution in [3.8, 4) is 0 Å². The van der Waals surface area contributed by atoms with Gasteiger partial charge in [0.2, 0.25) is 0 Å². The largest absolute Gasteiger partial charge is 0.381 e. The summed E-state index contributed by atoms with van der Waals surface area (Å²) >= 11 is 1.95. The normalized spacial score (nSPS) is 18.6. The molecule has 0 unspecified atom stereocenters. The highest BCUT2D eigenvalue weighted by Gasteiger charge is 2.31. The molecule has 20 heavy (non-hydrogen) atoms. The Bertz CT molecular complexity index is 282. The highest BCUT2D eigenvalue weighted by molar-refractivity contribution is 14.0. The number of nitrogens with one attached hydrogen (secondary N) is 2. The summed E-state index contributed by atoms with van der Waals surface area (Å²) in [5.74, 6) is 1.64. The number of aliphatic imine (C=N–C) groups is 1. The Hall–Kier alpha value is 0.310.